The second-order valence-electron chi connectivity index (χ2n) is 7.53. The molecular weight excluding hydrogens is 475 g/mol. The molecule has 4 rings (SSSR count). The minimum absolute atomic E-state index is 0.0388. The van der Waals surface area contributed by atoms with Gasteiger partial charge in [-0.25, -0.2) is 8.78 Å². The molecule has 2 aliphatic rings. The lowest BCUT2D eigenvalue weighted by atomic mass is 10.0. The summed E-state index contributed by atoms with van der Waals surface area (Å²) in [5, 5.41) is 2.76. The largest absolute Gasteiger partial charge is 0.322 e. The molecular formula is C21H22F2IN3O. The Hall–Kier alpha value is -1.58. The van der Waals surface area contributed by atoms with Gasteiger partial charge in [0.05, 0.1) is 0 Å². The van der Waals surface area contributed by atoms with Gasteiger partial charge in [0.2, 0.25) is 0 Å². The Morgan fingerprint density at radius 2 is 1.89 bits per heavy atom. The van der Waals surface area contributed by atoms with E-state index in [1.807, 2.05) is 6.07 Å². The molecule has 4 nitrogen and oxygen atoms in total. The number of hydrogen-bond acceptors (Lipinski definition) is 3. The molecule has 2 aromatic rings. The number of piperazine rings is 1. The van der Waals surface area contributed by atoms with Gasteiger partial charge in [-0.15, -0.1) is 0 Å². The van der Waals surface area contributed by atoms with Crippen LogP contribution in [0.15, 0.2) is 42.5 Å². The standard InChI is InChI=1S/C21H22F2IN3O/c1-26-7-9-27(10-8-26)19-13-21(22,23)18-12-16(5-6-17(18)19)25-20(28)14-3-2-4-15(24)11-14/h2-6,11-12,19H,7-10,13H2,1H3,(H,25,28)/t19-/m0/s1. The number of amides is 1. The van der Waals surface area contributed by atoms with Crippen LogP contribution in [0.4, 0.5) is 14.5 Å². The van der Waals surface area contributed by atoms with E-state index in [-0.39, 0.29) is 23.9 Å². The summed E-state index contributed by atoms with van der Waals surface area (Å²) in [7, 11) is 2.05. The zero-order valence-corrected chi connectivity index (χ0v) is 17.7. The molecule has 1 atom stereocenters. The van der Waals surface area contributed by atoms with E-state index in [9.17, 15) is 13.6 Å². The molecule has 0 radical (unpaired) electrons. The third-order valence-electron chi connectivity index (χ3n) is 5.58. The number of carbonyl (C=O) groups excluding carboxylic acids is 1. The predicted molar refractivity (Wildman–Crippen MR) is 114 cm³/mol. The Morgan fingerprint density at radius 3 is 2.61 bits per heavy atom. The lowest BCUT2D eigenvalue weighted by Gasteiger charge is -2.36. The van der Waals surface area contributed by atoms with Gasteiger partial charge in [0.25, 0.3) is 11.8 Å². The maximum absolute atomic E-state index is 14.8. The summed E-state index contributed by atoms with van der Waals surface area (Å²) in [5.74, 6) is -3.18. The number of carbonyl (C=O) groups is 1. The van der Waals surface area contributed by atoms with Crippen molar-refractivity contribution in [2.24, 2.45) is 0 Å². The van der Waals surface area contributed by atoms with Crippen molar-refractivity contribution in [1.82, 2.24) is 9.80 Å². The number of nitrogens with one attached hydrogen (secondary N) is 1. The van der Waals surface area contributed by atoms with Crippen LogP contribution in [0.5, 0.6) is 0 Å². The van der Waals surface area contributed by atoms with Gasteiger partial charge in [0, 0.05) is 59.0 Å². The van der Waals surface area contributed by atoms with Gasteiger partial charge in [0.1, 0.15) is 0 Å². The minimum Gasteiger partial charge on any atom is -0.322 e. The lowest BCUT2D eigenvalue weighted by molar-refractivity contribution is -0.0257. The number of halogens is 3. The average Bonchev–Trinajstić information content (AvgIpc) is 2.93. The summed E-state index contributed by atoms with van der Waals surface area (Å²) in [6.07, 6.45) is -0.194. The van der Waals surface area contributed by atoms with Crippen LogP contribution in [0.25, 0.3) is 0 Å². The number of alkyl halides is 2. The number of anilines is 1. The number of rotatable bonds is 3. The van der Waals surface area contributed by atoms with Crippen molar-refractivity contribution < 1.29 is 13.6 Å². The summed E-state index contributed by atoms with van der Waals surface area (Å²) in [5.41, 5.74) is 1.63. The van der Waals surface area contributed by atoms with E-state index in [0.29, 0.717) is 16.8 Å². The van der Waals surface area contributed by atoms with Crippen molar-refractivity contribution in [2.45, 2.75) is 18.4 Å². The van der Waals surface area contributed by atoms with E-state index in [1.165, 1.54) is 6.07 Å². The molecule has 1 amide bonds. The topological polar surface area (TPSA) is 35.6 Å². The highest BCUT2D eigenvalue weighted by atomic mass is 127. The van der Waals surface area contributed by atoms with Crippen LogP contribution in [0, 0.1) is 3.57 Å². The van der Waals surface area contributed by atoms with E-state index >= 15 is 0 Å². The predicted octanol–water partition coefficient (Wildman–Crippen LogP) is 4.33. The Bertz CT molecular complexity index is 897. The van der Waals surface area contributed by atoms with Gasteiger partial charge >= 0.3 is 0 Å². The smallest absolute Gasteiger partial charge is 0.275 e. The fourth-order valence-corrected chi connectivity index (χ4v) is 4.54. The molecule has 1 aliphatic heterocycles. The summed E-state index contributed by atoms with van der Waals surface area (Å²) in [6, 6.07) is 11.8. The molecule has 148 valence electrons. The molecule has 7 heteroatoms. The van der Waals surface area contributed by atoms with Crippen molar-refractivity contribution in [2.75, 3.05) is 38.5 Å². The monoisotopic (exact) mass is 497 g/mol. The molecule has 1 heterocycles. The fourth-order valence-electron chi connectivity index (χ4n) is 4.00. The number of benzene rings is 2. The van der Waals surface area contributed by atoms with Crippen LogP contribution in [0.3, 0.4) is 0 Å². The number of nitrogens with zero attached hydrogens (tertiary/aromatic N) is 2. The lowest BCUT2D eigenvalue weighted by Crippen LogP contribution is -2.45. The zero-order valence-electron chi connectivity index (χ0n) is 15.6. The number of fused-ring (bicyclic) bond motifs is 1. The van der Waals surface area contributed by atoms with Gasteiger partial charge in [0.15, 0.2) is 0 Å². The molecule has 0 aromatic heterocycles. The van der Waals surface area contributed by atoms with E-state index in [0.717, 1.165) is 29.7 Å². The average molecular weight is 497 g/mol. The Labute approximate surface area is 177 Å². The summed E-state index contributed by atoms with van der Waals surface area (Å²) in [4.78, 5) is 16.8. The Balaban J connectivity index is 1.56. The minimum atomic E-state index is -2.88. The highest BCUT2D eigenvalue weighted by Crippen LogP contribution is 2.50. The van der Waals surface area contributed by atoms with Crippen LogP contribution in [-0.2, 0) is 5.92 Å². The van der Waals surface area contributed by atoms with Crippen LogP contribution >= 0.6 is 22.6 Å². The molecule has 0 unspecified atom stereocenters. The van der Waals surface area contributed by atoms with Crippen LogP contribution in [-0.4, -0.2) is 48.9 Å². The van der Waals surface area contributed by atoms with Crippen molar-refractivity contribution in [3.8, 4) is 0 Å². The maximum Gasteiger partial charge on any atom is 0.275 e. The first-order chi connectivity index (χ1) is 13.3. The molecule has 28 heavy (non-hydrogen) atoms. The normalized spacial score (nSPS) is 22.1. The van der Waals surface area contributed by atoms with Crippen molar-refractivity contribution in [1.29, 1.82) is 0 Å². The van der Waals surface area contributed by atoms with Crippen LogP contribution in [0.2, 0.25) is 0 Å². The molecule has 2 aromatic carbocycles. The second-order valence-corrected chi connectivity index (χ2v) is 8.78. The first kappa shape index (κ1) is 19.7. The highest BCUT2D eigenvalue weighted by molar-refractivity contribution is 14.1. The third kappa shape index (κ3) is 3.92. The van der Waals surface area contributed by atoms with Gasteiger partial charge in [-0.2, -0.15) is 0 Å². The van der Waals surface area contributed by atoms with Gasteiger partial charge < -0.3 is 10.2 Å². The van der Waals surface area contributed by atoms with E-state index < -0.39 is 5.92 Å². The molecule has 1 N–H and O–H groups in total. The maximum atomic E-state index is 14.8. The quantitative estimate of drug-likeness (QED) is 0.642. The molecule has 1 fully saturated rings. The Kier molecular flexibility index (Phi) is 5.41. The van der Waals surface area contributed by atoms with Crippen LogP contribution < -0.4 is 5.32 Å². The van der Waals surface area contributed by atoms with Crippen molar-refractivity contribution in [3.05, 3.63) is 62.7 Å². The van der Waals surface area contributed by atoms with Gasteiger partial charge in [-0.1, -0.05) is 12.1 Å². The molecule has 0 saturated carbocycles. The van der Waals surface area contributed by atoms with Gasteiger partial charge in [-0.3, -0.25) is 9.69 Å². The van der Waals surface area contributed by atoms with Crippen molar-refractivity contribution >= 4 is 34.2 Å². The van der Waals surface area contributed by atoms with E-state index in [1.54, 1.807) is 30.3 Å². The first-order valence-electron chi connectivity index (χ1n) is 9.35. The van der Waals surface area contributed by atoms with Gasteiger partial charge in [-0.05, 0) is 65.5 Å². The SMILES string of the molecule is CN1CCN([C@H]2CC(F)(F)c3cc(NC(=O)c4cccc(I)c4)ccc32)CC1. The third-order valence-corrected chi connectivity index (χ3v) is 6.25. The fraction of sp³-hybridized carbons (Fsp3) is 0.381. The summed E-state index contributed by atoms with van der Waals surface area (Å²) < 4.78 is 30.5. The molecule has 0 bridgehead atoms. The van der Waals surface area contributed by atoms with Crippen LogP contribution in [0.1, 0.15) is 33.9 Å². The zero-order chi connectivity index (χ0) is 19.9. The Morgan fingerprint density at radius 1 is 1.14 bits per heavy atom. The summed E-state index contributed by atoms with van der Waals surface area (Å²) >= 11 is 2.14. The molecule has 1 aliphatic carbocycles. The molecule has 1 saturated heterocycles. The summed E-state index contributed by atoms with van der Waals surface area (Å²) in [6.45, 7) is 3.37. The van der Waals surface area contributed by atoms with E-state index in [2.05, 4.69) is 44.8 Å². The number of likely N-dealkylation sites (N-methyl/N-ethyl adjacent to an activating group) is 1. The van der Waals surface area contributed by atoms with E-state index in [4.69, 9.17) is 0 Å². The van der Waals surface area contributed by atoms with Crippen molar-refractivity contribution in [3.63, 3.8) is 0 Å². The number of hydrogen-bond donors (Lipinski definition) is 1. The first-order valence-corrected chi connectivity index (χ1v) is 10.4. The molecule has 0 spiro atoms. The second kappa shape index (κ2) is 7.68. The highest BCUT2D eigenvalue weighted by Gasteiger charge is 2.47.